The maximum absolute atomic E-state index is 13.4. The first-order valence-electron chi connectivity index (χ1n) is 11.3. The summed E-state index contributed by atoms with van der Waals surface area (Å²) in [5.74, 6) is -0.437. The highest BCUT2D eigenvalue weighted by Crippen LogP contribution is 2.36. The van der Waals surface area contributed by atoms with Gasteiger partial charge in [-0.15, -0.1) is 12.4 Å². The fourth-order valence-electron chi connectivity index (χ4n) is 4.03. The van der Waals surface area contributed by atoms with E-state index in [4.69, 9.17) is 23.2 Å². The van der Waals surface area contributed by atoms with E-state index in [9.17, 15) is 31.1 Å². The zero-order chi connectivity index (χ0) is 26.7. The summed E-state index contributed by atoms with van der Waals surface area (Å²) in [7, 11) is 0. The summed E-state index contributed by atoms with van der Waals surface area (Å²) in [6, 6.07) is 5.51. The summed E-state index contributed by atoms with van der Waals surface area (Å²) in [6.45, 7) is 2.38. The van der Waals surface area contributed by atoms with E-state index in [1.54, 1.807) is 18.2 Å². The SMILES string of the molecule is CCCNC1CCN(Cc2cc(C(F)(F)F)cc(C(F)(F)F)c2)C(=O)C(Cc2ccc(Cl)c(Cl)c2)N1.Cl. The molecule has 1 saturated heterocycles. The van der Waals surface area contributed by atoms with Gasteiger partial charge in [-0.1, -0.05) is 36.2 Å². The number of benzene rings is 2. The zero-order valence-electron chi connectivity index (χ0n) is 19.6. The molecule has 1 heterocycles. The predicted molar refractivity (Wildman–Crippen MR) is 133 cm³/mol. The molecule has 1 fully saturated rings. The second-order valence-corrected chi connectivity index (χ2v) is 9.46. The van der Waals surface area contributed by atoms with E-state index in [0.717, 1.165) is 6.42 Å². The number of hydrogen-bond donors (Lipinski definition) is 2. The molecule has 2 aromatic carbocycles. The van der Waals surface area contributed by atoms with Gasteiger partial charge >= 0.3 is 12.4 Å². The highest BCUT2D eigenvalue weighted by atomic mass is 35.5. The molecule has 1 aliphatic rings. The molecule has 206 valence electrons. The second kappa shape index (κ2) is 12.9. The van der Waals surface area contributed by atoms with Crippen molar-refractivity contribution in [1.82, 2.24) is 15.5 Å². The van der Waals surface area contributed by atoms with Crippen molar-refractivity contribution >= 4 is 41.5 Å². The molecule has 37 heavy (non-hydrogen) atoms. The van der Waals surface area contributed by atoms with Gasteiger partial charge in [0.25, 0.3) is 0 Å². The molecule has 0 spiro atoms. The molecule has 13 heteroatoms. The van der Waals surface area contributed by atoms with Crippen molar-refractivity contribution in [3.8, 4) is 0 Å². The third-order valence-corrected chi connectivity index (χ3v) is 6.52. The Morgan fingerprint density at radius 1 is 0.973 bits per heavy atom. The van der Waals surface area contributed by atoms with E-state index in [2.05, 4.69) is 10.6 Å². The van der Waals surface area contributed by atoms with Crippen molar-refractivity contribution in [2.24, 2.45) is 0 Å². The maximum Gasteiger partial charge on any atom is 0.416 e. The highest BCUT2D eigenvalue weighted by Gasteiger charge is 2.38. The van der Waals surface area contributed by atoms with Crippen molar-refractivity contribution in [1.29, 1.82) is 0 Å². The lowest BCUT2D eigenvalue weighted by molar-refractivity contribution is -0.143. The van der Waals surface area contributed by atoms with Gasteiger partial charge in [0.1, 0.15) is 0 Å². The average Bonchev–Trinajstić information content (AvgIpc) is 2.93. The Morgan fingerprint density at radius 3 is 2.14 bits per heavy atom. The number of rotatable bonds is 7. The van der Waals surface area contributed by atoms with E-state index < -0.39 is 42.0 Å². The smallest absolute Gasteiger partial charge is 0.337 e. The number of alkyl halides is 6. The van der Waals surface area contributed by atoms with Crippen LogP contribution in [0.4, 0.5) is 26.3 Å². The molecule has 2 unspecified atom stereocenters. The minimum atomic E-state index is -4.97. The summed E-state index contributed by atoms with van der Waals surface area (Å²) in [5, 5.41) is 7.15. The van der Waals surface area contributed by atoms with Gasteiger partial charge in [0.05, 0.1) is 33.4 Å². The number of nitrogens with zero attached hydrogens (tertiary/aromatic N) is 1. The van der Waals surface area contributed by atoms with Crippen LogP contribution in [-0.4, -0.2) is 36.1 Å². The Morgan fingerprint density at radius 2 is 1.59 bits per heavy atom. The number of nitrogens with one attached hydrogen (secondary N) is 2. The van der Waals surface area contributed by atoms with Crippen LogP contribution in [0.25, 0.3) is 0 Å². The molecule has 0 radical (unpaired) electrons. The van der Waals surface area contributed by atoms with Gasteiger partial charge in [-0.2, -0.15) is 26.3 Å². The van der Waals surface area contributed by atoms with Crippen LogP contribution in [0.1, 0.15) is 42.0 Å². The number of carbonyl (C=O) groups is 1. The van der Waals surface area contributed by atoms with Crippen molar-refractivity contribution in [2.75, 3.05) is 13.1 Å². The Labute approximate surface area is 227 Å². The highest BCUT2D eigenvalue weighted by molar-refractivity contribution is 6.42. The van der Waals surface area contributed by atoms with Crippen molar-refractivity contribution in [3.05, 3.63) is 68.7 Å². The Bertz CT molecular complexity index is 1050. The van der Waals surface area contributed by atoms with E-state index in [1.807, 2.05) is 6.92 Å². The lowest BCUT2D eigenvalue weighted by Gasteiger charge is -2.26. The molecule has 2 atom stereocenters. The van der Waals surface area contributed by atoms with Gasteiger partial charge in [0.15, 0.2) is 0 Å². The summed E-state index contributed by atoms with van der Waals surface area (Å²) >= 11 is 12.1. The first kappa shape index (κ1) is 31.5. The van der Waals surface area contributed by atoms with E-state index >= 15 is 0 Å². The third kappa shape index (κ3) is 8.64. The van der Waals surface area contributed by atoms with Crippen LogP contribution < -0.4 is 10.6 Å². The fraction of sp³-hybridized carbons (Fsp3) is 0.458. The van der Waals surface area contributed by atoms with E-state index in [0.29, 0.717) is 40.7 Å². The van der Waals surface area contributed by atoms with Crippen LogP contribution in [-0.2, 0) is 30.1 Å². The van der Waals surface area contributed by atoms with Crippen molar-refractivity contribution < 1.29 is 31.1 Å². The summed E-state index contributed by atoms with van der Waals surface area (Å²) in [4.78, 5) is 14.7. The maximum atomic E-state index is 13.4. The predicted octanol–water partition coefficient (Wildman–Crippen LogP) is 6.71. The van der Waals surface area contributed by atoms with Crippen LogP contribution in [0.15, 0.2) is 36.4 Å². The summed E-state index contributed by atoms with van der Waals surface area (Å²) in [5.41, 5.74) is -2.38. The molecule has 0 aromatic heterocycles. The Balaban J connectivity index is 0.00000481. The van der Waals surface area contributed by atoms with Gasteiger partial charge in [-0.25, -0.2) is 0 Å². The largest absolute Gasteiger partial charge is 0.416 e. The van der Waals surface area contributed by atoms with Gasteiger partial charge in [0, 0.05) is 13.1 Å². The molecule has 4 nitrogen and oxygen atoms in total. The minimum absolute atomic E-state index is 0. The first-order chi connectivity index (χ1) is 16.8. The molecule has 3 rings (SSSR count). The molecule has 2 aromatic rings. The van der Waals surface area contributed by atoms with Gasteiger partial charge in [-0.3, -0.25) is 10.1 Å². The molecule has 0 bridgehead atoms. The van der Waals surface area contributed by atoms with Gasteiger partial charge < -0.3 is 10.2 Å². The molecule has 1 amide bonds. The van der Waals surface area contributed by atoms with E-state index in [-0.39, 0.29) is 43.2 Å². The molecule has 2 N–H and O–H groups in total. The third-order valence-electron chi connectivity index (χ3n) is 5.79. The van der Waals surface area contributed by atoms with E-state index in [1.165, 1.54) is 4.90 Å². The van der Waals surface area contributed by atoms with Crippen LogP contribution >= 0.6 is 35.6 Å². The Kier molecular flexibility index (Phi) is 11.0. The molecular formula is C24H26Cl3F6N3O. The first-order valence-corrected chi connectivity index (χ1v) is 12.0. The topological polar surface area (TPSA) is 44.4 Å². The average molecular weight is 593 g/mol. The number of halogens is 9. The molecular weight excluding hydrogens is 567 g/mol. The fourth-order valence-corrected chi connectivity index (χ4v) is 4.35. The van der Waals surface area contributed by atoms with Crippen molar-refractivity contribution in [3.63, 3.8) is 0 Å². The molecule has 1 aliphatic heterocycles. The number of amides is 1. The standard InChI is InChI=1S/C24H25Cl2F6N3O.ClH/c1-2-6-33-21-5-7-35(22(36)20(34-21)11-14-3-4-18(25)19(26)10-14)13-15-8-16(23(27,28)29)12-17(9-15)24(30,31)32;/h3-4,8-10,12,20-21,33-34H,2,5-7,11,13H2,1H3;1H. The quantitative estimate of drug-likeness (QED) is 0.351. The minimum Gasteiger partial charge on any atom is -0.337 e. The molecule has 0 saturated carbocycles. The van der Waals surface area contributed by atoms with Gasteiger partial charge in [-0.05, 0) is 67.3 Å². The number of carbonyl (C=O) groups excluding carboxylic acids is 1. The van der Waals surface area contributed by atoms with Crippen molar-refractivity contribution in [2.45, 2.75) is 57.3 Å². The van der Waals surface area contributed by atoms with Gasteiger partial charge in [0.2, 0.25) is 5.91 Å². The molecule has 0 aliphatic carbocycles. The monoisotopic (exact) mass is 591 g/mol. The van der Waals surface area contributed by atoms with Crippen LogP contribution in [0, 0.1) is 0 Å². The Hall–Kier alpha value is -1.72. The lowest BCUT2D eigenvalue weighted by atomic mass is 10.0. The summed E-state index contributed by atoms with van der Waals surface area (Å²) < 4.78 is 79.8. The number of hydrogen-bond acceptors (Lipinski definition) is 3. The zero-order valence-corrected chi connectivity index (χ0v) is 22.0. The van der Waals surface area contributed by atoms with Crippen LogP contribution in [0.5, 0.6) is 0 Å². The normalized spacial score (nSPS) is 18.9. The second-order valence-electron chi connectivity index (χ2n) is 8.64. The van der Waals surface area contributed by atoms with Crippen LogP contribution in [0.2, 0.25) is 10.0 Å². The lowest BCUT2D eigenvalue weighted by Crippen LogP contribution is -2.51. The summed E-state index contributed by atoms with van der Waals surface area (Å²) in [6.07, 6.45) is -8.77. The van der Waals surface area contributed by atoms with Crippen LogP contribution in [0.3, 0.4) is 0 Å².